The zero-order chi connectivity index (χ0) is 22.2. The molecule has 31 heavy (non-hydrogen) atoms. The van der Waals surface area contributed by atoms with Gasteiger partial charge in [0.25, 0.3) is 11.8 Å². The molecule has 156 valence electrons. The Morgan fingerprint density at radius 1 is 0.871 bits per heavy atom. The summed E-state index contributed by atoms with van der Waals surface area (Å²) in [5.41, 5.74) is 1.39. The number of hydrogen-bond acceptors (Lipinski definition) is 4. The fraction of sp³-hybridized carbons (Fsp3) is 0.0417. The molecule has 0 saturated carbocycles. The maximum atomic E-state index is 12.9. The van der Waals surface area contributed by atoms with Crippen molar-refractivity contribution in [3.05, 3.63) is 101 Å². The van der Waals surface area contributed by atoms with Gasteiger partial charge < -0.3 is 20.5 Å². The summed E-state index contributed by atoms with van der Waals surface area (Å²) in [4.78, 5) is 36.8. The molecule has 2 amide bonds. The Hall–Kier alpha value is -4.39. The average Bonchev–Trinajstić information content (AvgIpc) is 2.79. The predicted molar refractivity (Wildman–Crippen MR) is 117 cm³/mol. The van der Waals surface area contributed by atoms with Crippen molar-refractivity contribution in [1.82, 2.24) is 5.32 Å². The topological polar surface area (TPSA) is 105 Å². The SMILES string of the molecule is COc1ccc(C(=O)N/C(=C/c2ccccc2)C(=O)Nc2cccc(C(=O)O)c2)cc1. The second-order valence-electron chi connectivity index (χ2n) is 6.49. The molecule has 0 fully saturated rings. The molecule has 3 aromatic rings. The molecule has 0 aliphatic carbocycles. The third kappa shape index (κ3) is 5.80. The van der Waals surface area contributed by atoms with Gasteiger partial charge in [-0.3, -0.25) is 9.59 Å². The Kier molecular flexibility index (Phi) is 6.80. The van der Waals surface area contributed by atoms with Gasteiger partial charge in [-0.05, 0) is 54.1 Å². The molecule has 7 nitrogen and oxygen atoms in total. The van der Waals surface area contributed by atoms with E-state index in [1.807, 2.05) is 18.2 Å². The fourth-order valence-corrected chi connectivity index (χ4v) is 2.74. The normalized spacial score (nSPS) is 10.8. The van der Waals surface area contributed by atoms with E-state index < -0.39 is 17.8 Å². The van der Waals surface area contributed by atoms with Crippen LogP contribution in [0.2, 0.25) is 0 Å². The summed E-state index contributed by atoms with van der Waals surface area (Å²) < 4.78 is 5.09. The van der Waals surface area contributed by atoms with Crippen molar-refractivity contribution in [3.63, 3.8) is 0 Å². The van der Waals surface area contributed by atoms with Crippen molar-refractivity contribution >= 4 is 29.5 Å². The number of methoxy groups -OCH3 is 1. The Morgan fingerprint density at radius 2 is 1.58 bits per heavy atom. The van der Waals surface area contributed by atoms with Crippen LogP contribution >= 0.6 is 0 Å². The van der Waals surface area contributed by atoms with E-state index >= 15 is 0 Å². The number of carbonyl (C=O) groups excluding carboxylic acids is 2. The standard InChI is InChI=1S/C24H20N2O5/c1-31-20-12-10-17(11-13-20)22(27)26-21(14-16-6-3-2-4-7-16)23(28)25-19-9-5-8-18(15-19)24(29)30/h2-15H,1H3,(H,25,28)(H,26,27)(H,29,30)/b21-14+. The van der Waals surface area contributed by atoms with Gasteiger partial charge in [-0.15, -0.1) is 0 Å². The highest BCUT2D eigenvalue weighted by molar-refractivity contribution is 6.11. The first-order valence-corrected chi connectivity index (χ1v) is 9.33. The van der Waals surface area contributed by atoms with Crippen molar-refractivity contribution in [2.75, 3.05) is 12.4 Å². The first-order valence-electron chi connectivity index (χ1n) is 9.33. The minimum Gasteiger partial charge on any atom is -0.497 e. The number of ether oxygens (including phenoxy) is 1. The lowest BCUT2D eigenvalue weighted by atomic mass is 10.1. The van der Waals surface area contributed by atoms with E-state index in [1.54, 1.807) is 42.5 Å². The van der Waals surface area contributed by atoms with E-state index in [4.69, 9.17) is 9.84 Å². The summed E-state index contributed by atoms with van der Waals surface area (Å²) in [5.74, 6) is -1.57. The number of aromatic carboxylic acids is 1. The molecule has 0 aliphatic rings. The van der Waals surface area contributed by atoms with Crippen molar-refractivity contribution < 1.29 is 24.2 Å². The lowest BCUT2D eigenvalue weighted by Crippen LogP contribution is -2.30. The summed E-state index contributed by atoms with van der Waals surface area (Å²) >= 11 is 0. The minimum absolute atomic E-state index is 0.00717. The van der Waals surface area contributed by atoms with Gasteiger partial charge in [-0.25, -0.2) is 4.79 Å². The van der Waals surface area contributed by atoms with E-state index in [0.717, 1.165) is 0 Å². The van der Waals surface area contributed by atoms with Gasteiger partial charge in [0.2, 0.25) is 0 Å². The van der Waals surface area contributed by atoms with E-state index in [9.17, 15) is 14.4 Å². The third-order valence-electron chi connectivity index (χ3n) is 4.32. The zero-order valence-corrected chi connectivity index (χ0v) is 16.7. The fourth-order valence-electron chi connectivity index (χ4n) is 2.74. The Balaban J connectivity index is 1.86. The smallest absolute Gasteiger partial charge is 0.335 e. The number of amides is 2. The summed E-state index contributed by atoms with van der Waals surface area (Å²) in [6, 6.07) is 21.3. The molecule has 3 rings (SSSR count). The predicted octanol–water partition coefficient (Wildman–Crippen LogP) is 3.80. The summed E-state index contributed by atoms with van der Waals surface area (Å²) in [6.45, 7) is 0. The summed E-state index contributed by atoms with van der Waals surface area (Å²) in [7, 11) is 1.53. The molecule has 3 aromatic carbocycles. The molecule has 0 bridgehead atoms. The maximum absolute atomic E-state index is 12.9. The van der Waals surface area contributed by atoms with E-state index in [0.29, 0.717) is 22.6 Å². The Morgan fingerprint density at radius 3 is 2.23 bits per heavy atom. The number of nitrogens with one attached hydrogen (secondary N) is 2. The third-order valence-corrected chi connectivity index (χ3v) is 4.32. The number of hydrogen-bond donors (Lipinski definition) is 3. The largest absolute Gasteiger partial charge is 0.497 e. The lowest BCUT2D eigenvalue weighted by Gasteiger charge is -2.12. The molecule has 3 N–H and O–H groups in total. The van der Waals surface area contributed by atoms with E-state index in [-0.39, 0.29) is 11.3 Å². The van der Waals surface area contributed by atoms with Gasteiger partial charge in [-0.2, -0.15) is 0 Å². The van der Waals surface area contributed by atoms with Gasteiger partial charge >= 0.3 is 5.97 Å². The first kappa shape index (κ1) is 21.3. The van der Waals surface area contributed by atoms with Gasteiger partial charge in [0.05, 0.1) is 12.7 Å². The second-order valence-corrected chi connectivity index (χ2v) is 6.49. The van der Waals surface area contributed by atoms with Crippen molar-refractivity contribution in [1.29, 1.82) is 0 Å². The summed E-state index contributed by atoms with van der Waals surface area (Å²) in [5, 5.41) is 14.4. The van der Waals surface area contributed by atoms with Crippen LogP contribution in [0.5, 0.6) is 5.75 Å². The highest BCUT2D eigenvalue weighted by atomic mass is 16.5. The lowest BCUT2D eigenvalue weighted by molar-refractivity contribution is -0.113. The van der Waals surface area contributed by atoms with Crippen LogP contribution in [-0.4, -0.2) is 30.0 Å². The number of anilines is 1. The number of rotatable bonds is 7. The van der Waals surface area contributed by atoms with Gasteiger partial charge in [-0.1, -0.05) is 36.4 Å². The molecule has 0 heterocycles. The molecule has 0 unspecified atom stereocenters. The van der Waals surface area contributed by atoms with Crippen LogP contribution in [-0.2, 0) is 4.79 Å². The summed E-state index contributed by atoms with van der Waals surface area (Å²) in [6.07, 6.45) is 1.54. The minimum atomic E-state index is -1.11. The second kappa shape index (κ2) is 9.89. The van der Waals surface area contributed by atoms with Crippen LogP contribution in [0.25, 0.3) is 6.08 Å². The monoisotopic (exact) mass is 416 g/mol. The highest BCUT2D eigenvalue weighted by Crippen LogP contribution is 2.15. The quantitative estimate of drug-likeness (QED) is 0.508. The molecule has 0 radical (unpaired) electrons. The molecular weight excluding hydrogens is 396 g/mol. The molecule has 0 spiro atoms. The maximum Gasteiger partial charge on any atom is 0.335 e. The Labute approximate surface area is 179 Å². The van der Waals surface area contributed by atoms with Crippen molar-refractivity contribution in [2.45, 2.75) is 0 Å². The van der Waals surface area contributed by atoms with Crippen molar-refractivity contribution in [3.8, 4) is 5.75 Å². The molecule has 0 saturated heterocycles. The van der Waals surface area contributed by atoms with Crippen LogP contribution in [0, 0.1) is 0 Å². The molecule has 0 atom stereocenters. The number of carbonyl (C=O) groups is 3. The number of carboxylic acid groups (broad SMARTS) is 1. The highest BCUT2D eigenvalue weighted by Gasteiger charge is 2.16. The van der Waals surface area contributed by atoms with Crippen LogP contribution < -0.4 is 15.4 Å². The van der Waals surface area contributed by atoms with Crippen LogP contribution in [0.15, 0.2) is 84.6 Å². The van der Waals surface area contributed by atoms with Gasteiger partial charge in [0.15, 0.2) is 0 Å². The number of carboxylic acids is 1. The zero-order valence-electron chi connectivity index (χ0n) is 16.7. The van der Waals surface area contributed by atoms with Crippen LogP contribution in [0.3, 0.4) is 0 Å². The molecule has 0 aliphatic heterocycles. The molecule has 0 aromatic heterocycles. The molecule has 7 heteroatoms. The number of benzene rings is 3. The van der Waals surface area contributed by atoms with Crippen LogP contribution in [0.1, 0.15) is 26.3 Å². The van der Waals surface area contributed by atoms with Gasteiger partial charge in [0.1, 0.15) is 11.4 Å². The average molecular weight is 416 g/mol. The van der Waals surface area contributed by atoms with E-state index in [1.165, 1.54) is 31.4 Å². The van der Waals surface area contributed by atoms with E-state index in [2.05, 4.69) is 10.6 Å². The molecular formula is C24H20N2O5. The Bertz CT molecular complexity index is 1120. The first-order chi connectivity index (χ1) is 15.0. The van der Waals surface area contributed by atoms with Gasteiger partial charge in [0, 0.05) is 11.3 Å². The van der Waals surface area contributed by atoms with Crippen LogP contribution in [0.4, 0.5) is 5.69 Å². The van der Waals surface area contributed by atoms with Crippen molar-refractivity contribution in [2.24, 2.45) is 0 Å².